The Morgan fingerprint density at radius 3 is 2.51 bits per heavy atom. The Morgan fingerprint density at radius 2 is 1.88 bits per heavy atom. The van der Waals surface area contributed by atoms with Crippen molar-refractivity contribution in [3.63, 3.8) is 0 Å². The van der Waals surface area contributed by atoms with E-state index in [0.717, 1.165) is 31.7 Å². The molecule has 2 N–H and O–H groups in total. The van der Waals surface area contributed by atoms with Crippen LogP contribution in [0.5, 0.6) is 0 Å². The van der Waals surface area contributed by atoms with Crippen molar-refractivity contribution in [3.05, 3.63) is 62.7 Å². The van der Waals surface area contributed by atoms with Crippen molar-refractivity contribution in [2.24, 2.45) is 21.8 Å². The molecule has 0 radical (unpaired) electrons. The molecule has 4 aliphatic rings. The fourth-order valence-electron chi connectivity index (χ4n) is 6.71. The predicted octanol–water partition coefficient (Wildman–Crippen LogP) is 4.99. The average molecular weight is 592 g/mol. The second-order valence-corrected chi connectivity index (χ2v) is 14.4. The van der Waals surface area contributed by atoms with Crippen LogP contribution in [0.3, 0.4) is 0 Å². The number of aliphatic imine (C=N–C) groups is 1. The van der Waals surface area contributed by atoms with Crippen molar-refractivity contribution < 1.29 is 22.1 Å². The number of amidine groups is 1. The summed E-state index contributed by atoms with van der Waals surface area (Å²) >= 11 is 0. The van der Waals surface area contributed by atoms with Crippen LogP contribution in [-0.2, 0) is 27.1 Å². The van der Waals surface area contributed by atoms with Crippen LogP contribution < -0.4 is 16.2 Å². The second kappa shape index (κ2) is 10.1. The molecule has 41 heavy (non-hydrogen) atoms. The molecule has 222 valence electrons. The van der Waals surface area contributed by atoms with Crippen LogP contribution in [0.2, 0.25) is 0 Å². The number of aromatic nitrogens is 1. The van der Waals surface area contributed by atoms with Crippen molar-refractivity contribution in [1.29, 1.82) is 0 Å². The first kappa shape index (κ1) is 28.3. The number of benzene rings is 1. The smallest absolute Gasteiger partial charge is 0.266 e. The molecule has 2 aliphatic heterocycles. The van der Waals surface area contributed by atoms with Gasteiger partial charge in [-0.2, -0.15) is 0 Å². The van der Waals surface area contributed by atoms with Crippen LogP contribution in [0.15, 0.2) is 38.4 Å². The molecule has 1 aromatic carbocycles. The minimum Gasteiger partial charge on any atom is -0.373 e. The van der Waals surface area contributed by atoms with Crippen LogP contribution in [0.1, 0.15) is 80.2 Å². The van der Waals surface area contributed by atoms with Crippen LogP contribution in [-0.4, -0.2) is 45.9 Å². The van der Waals surface area contributed by atoms with Gasteiger partial charge in [0.1, 0.15) is 24.1 Å². The molecule has 2 aromatic rings. The van der Waals surface area contributed by atoms with Crippen LogP contribution in [0, 0.1) is 11.2 Å². The summed E-state index contributed by atoms with van der Waals surface area (Å²) in [6.45, 7) is 1.88. The monoisotopic (exact) mass is 591 g/mol. The Labute approximate surface area is 238 Å². The number of hydrogen-bond acceptors (Lipinski definition) is 7. The lowest BCUT2D eigenvalue weighted by Crippen LogP contribution is -2.54. The molecule has 1 spiro atoms. The van der Waals surface area contributed by atoms with Crippen molar-refractivity contribution in [1.82, 2.24) is 9.88 Å². The Balaban J connectivity index is 1.28. The zero-order chi connectivity index (χ0) is 29.2. The van der Waals surface area contributed by atoms with E-state index in [-0.39, 0.29) is 29.2 Å². The molecule has 0 bridgehead atoms. The molecule has 6 rings (SSSR count). The van der Waals surface area contributed by atoms with Gasteiger partial charge < -0.3 is 15.4 Å². The van der Waals surface area contributed by atoms with Crippen molar-refractivity contribution in [2.75, 3.05) is 30.6 Å². The number of hydrogen-bond donors (Lipinski definition) is 2. The molecule has 1 aromatic heterocycles. The number of rotatable bonds is 6. The third-order valence-corrected chi connectivity index (χ3v) is 12.0. The summed E-state index contributed by atoms with van der Waals surface area (Å²) in [5.41, 5.74) is -0.418. The quantitative estimate of drug-likeness (QED) is 0.494. The summed E-state index contributed by atoms with van der Waals surface area (Å²) in [5.74, 6) is 1.31. The van der Waals surface area contributed by atoms with E-state index in [0.29, 0.717) is 47.1 Å². The van der Waals surface area contributed by atoms with Gasteiger partial charge in [-0.3, -0.25) is 9.36 Å². The maximum atomic E-state index is 14.9. The Kier molecular flexibility index (Phi) is 7.00. The number of halogens is 3. The Morgan fingerprint density at radius 1 is 1.20 bits per heavy atom. The van der Waals surface area contributed by atoms with Gasteiger partial charge in [0.15, 0.2) is 0 Å². The van der Waals surface area contributed by atoms with Gasteiger partial charge in [0.2, 0.25) is 0 Å². The molecule has 12 heteroatoms. The number of nitrogens with one attached hydrogen (secondary N) is 2. The SMILES string of the molecule is COC1(c2cc3c(n(C)c2=O)NCN=C3N[C@H](C)c2cccc(C(F)F)c2F)CCC2(CC1)CS(=O)(=NC1CC1)C2. The number of alkyl halides is 2. The first-order chi connectivity index (χ1) is 19.5. The molecule has 0 unspecified atom stereocenters. The van der Waals surface area contributed by atoms with Gasteiger partial charge in [-0.1, -0.05) is 18.2 Å². The normalized spacial score (nSPS) is 29.8. The molecular weight excluding hydrogens is 555 g/mol. The summed E-state index contributed by atoms with van der Waals surface area (Å²) in [4.78, 5) is 18.2. The summed E-state index contributed by atoms with van der Waals surface area (Å²) in [6.07, 6.45) is 2.00. The van der Waals surface area contributed by atoms with Gasteiger partial charge in [-0.15, -0.1) is 0 Å². The van der Waals surface area contributed by atoms with Crippen molar-refractivity contribution in [3.8, 4) is 0 Å². The summed E-state index contributed by atoms with van der Waals surface area (Å²) < 4.78 is 66.8. The molecule has 3 fully saturated rings. The van der Waals surface area contributed by atoms with E-state index in [4.69, 9.17) is 4.74 Å². The van der Waals surface area contributed by atoms with E-state index in [1.807, 2.05) is 0 Å². The molecule has 1 atom stereocenters. The third kappa shape index (κ3) is 4.96. The van der Waals surface area contributed by atoms with Gasteiger partial charge in [0, 0.05) is 41.0 Å². The number of nitrogens with zero attached hydrogens (tertiary/aromatic N) is 3. The Bertz CT molecular complexity index is 1570. The topological polar surface area (TPSA) is 97.1 Å². The van der Waals surface area contributed by atoms with Crippen molar-refractivity contribution in [2.45, 2.75) is 69.6 Å². The van der Waals surface area contributed by atoms with E-state index in [2.05, 4.69) is 20.0 Å². The Hall–Kier alpha value is -2.86. The number of ether oxygens (including phenoxy) is 1. The van der Waals surface area contributed by atoms with Crippen LogP contribution in [0.4, 0.5) is 19.0 Å². The summed E-state index contributed by atoms with van der Waals surface area (Å²) in [7, 11) is 1.20. The van der Waals surface area contributed by atoms with E-state index >= 15 is 0 Å². The first-order valence-electron chi connectivity index (χ1n) is 14.1. The largest absolute Gasteiger partial charge is 0.373 e. The highest BCUT2D eigenvalue weighted by Gasteiger charge is 2.53. The zero-order valence-electron chi connectivity index (χ0n) is 23.5. The van der Waals surface area contributed by atoms with Crippen molar-refractivity contribution >= 4 is 21.4 Å². The number of methoxy groups -OCH3 is 1. The molecule has 2 saturated carbocycles. The van der Waals surface area contributed by atoms with E-state index in [1.165, 1.54) is 12.1 Å². The molecule has 2 aliphatic carbocycles. The van der Waals surface area contributed by atoms with Gasteiger partial charge in [0.05, 0.1) is 34.4 Å². The number of anilines is 1. The van der Waals surface area contributed by atoms with Crippen LogP contribution >= 0.6 is 0 Å². The fourth-order valence-corrected chi connectivity index (χ4v) is 10.0. The average Bonchev–Trinajstić information content (AvgIpc) is 3.74. The number of pyridine rings is 1. The molecule has 0 amide bonds. The summed E-state index contributed by atoms with van der Waals surface area (Å²) in [6, 6.07) is 5.38. The van der Waals surface area contributed by atoms with Crippen LogP contribution in [0.25, 0.3) is 0 Å². The lowest BCUT2D eigenvalue weighted by molar-refractivity contribution is -0.0686. The lowest BCUT2D eigenvalue weighted by Gasteiger charge is -2.51. The maximum Gasteiger partial charge on any atom is 0.266 e. The van der Waals surface area contributed by atoms with Gasteiger partial charge >= 0.3 is 0 Å². The molecular formula is C29H36F3N5O3S. The highest BCUT2D eigenvalue weighted by molar-refractivity contribution is 7.95. The lowest BCUT2D eigenvalue weighted by atomic mass is 9.68. The van der Waals surface area contributed by atoms with Gasteiger partial charge in [-0.05, 0) is 56.9 Å². The van der Waals surface area contributed by atoms with Gasteiger partial charge in [0.25, 0.3) is 12.0 Å². The molecule has 1 saturated heterocycles. The minimum absolute atomic E-state index is 0.0149. The number of fused-ring (bicyclic) bond motifs is 1. The standard InChI is InChI=1S/C29H36F3N5O3S/c1-17(19-5-4-6-20(23(19)30)24(31)32)35-25-21-13-22(27(38)37(2)26(21)34-16-33-25)29(40-3)11-9-28(10-12-29)14-41(39,15-28)36-18-7-8-18/h4-6,13,17-18,24,34H,7-12,14-16H2,1-3H3,(H,33,35)/t17-,28?,29?,41?/m1/s1. The van der Waals surface area contributed by atoms with Gasteiger partial charge in [-0.25, -0.2) is 26.7 Å². The van der Waals surface area contributed by atoms with E-state index in [1.54, 1.807) is 31.7 Å². The predicted molar refractivity (Wildman–Crippen MR) is 153 cm³/mol. The zero-order valence-corrected chi connectivity index (χ0v) is 24.3. The first-order valence-corrected chi connectivity index (χ1v) is 16.0. The highest BCUT2D eigenvalue weighted by Crippen LogP contribution is 2.53. The molecule has 3 heterocycles. The highest BCUT2D eigenvalue weighted by atomic mass is 32.2. The van der Waals surface area contributed by atoms with E-state index < -0.39 is 39.2 Å². The fraction of sp³-hybridized carbons (Fsp3) is 0.586. The second-order valence-electron chi connectivity index (χ2n) is 12.0. The maximum absolute atomic E-state index is 14.9. The van der Waals surface area contributed by atoms with E-state index in [9.17, 15) is 22.2 Å². The minimum atomic E-state index is -2.92. The molecule has 8 nitrogen and oxygen atoms in total. The summed E-state index contributed by atoms with van der Waals surface area (Å²) in [5, 5.41) is 6.34. The third-order valence-electron chi connectivity index (χ3n) is 9.22.